The number of hydrogen-bond acceptors (Lipinski definition) is 14. The summed E-state index contributed by atoms with van der Waals surface area (Å²) in [5.41, 5.74) is 4.07. The highest BCUT2D eigenvalue weighted by Crippen LogP contribution is 2.50. The lowest BCUT2D eigenvalue weighted by Crippen LogP contribution is -1.99. The van der Waals surface area contributed by atoms with Gasteiger partial charge in [0.1, 0.15) is 68.6 Å². The van der Waals surface area contributed by atoms with Crippen LogP contribution in [0, 0.1) is 0 Å². The van der Waals surface area contributed by atoms with Gasteiger partial charge < -0.3 is 47.9 Å². The molecule has 0 fully saturated rings. The van der Waals surface area contributed by atoms with Crippen molar-refractivity contribution in [2.75, 3.05) is 52.9 Å². The summed E-state index contributed by atoms with van der Waals surface area (Å²) in [6.45, 7) is 18.6. The number of H-pyrrole nitrogens is 2. The largest absolute Gasteiger partial charge is 0.493 e. The number of fused-ring (bicyclic) bond motifs is 20. The van der Waals surface area contributed by atoms with Crippen LogP contribution in [-0.2, 0) is 0 Å². The molecule has 0 saturated heterocycles. The molecule has 0 atom stereocenters. The van der Waals surface area contributed by atoms with Gasteiger partial charge >= 0.3 is 0 Å². The van der Waals surface area contributed by atoms with E-state index in [4.69, 9.17) is 67.8 Å². The lowest BCUT2D eigenvalue weighted by Gasteiger charge is -2.13. The Morgan fingerprint density at radius 1 is 0.299 bits per heavy atom. The van der Waals surface area contributed by atoms with Crippen molar-refractivity contribution in [3.63, 3.8) is 0 Å². The number of nitrogens with one attached hydrogen (secondary N) is 2. The van der Waals surface area contributed by atoms with Crippen molar-refractivity contribution in [2.45, 2.75) is 55.4 Å². The summed E-state index contributed by atoms with van der Waals surface area (Å²) in [5.74, 6) is 5.80. The molecule has 0 aliphatic carbocycles. The van der Waals surface area contributed by atoms with Crippen LogP contribution in [0.3, 0.4) is 0 Å². The number of benzene rings is 4. The van der Waals surface area contributed by atoms with E-state index in [2.05, 4.69) is 9.97 Å². The predicted octanol–water partition coefficient (Wildman–Crippen LogP) is 9.45. The third kappa shape index (κ3) is 8.78. The van der Waals surface area contributed by atoms with Crippen molar-refractivity contribution in [1.29, 1.82) is 0 Å². The van der Waals surface area contributed by atoms with E-state index in [1.54, 1.807) is 0 Å². The second kappa shape index (κ2) is 21.4. The van der Waals surface area contributed by atoms with Crippen molar-refractivity contribution in [3.05, 3.63) is 48.5 Å². The molecule has 2 N–H and O–H groups in total. The van der Waals surface area contributed by atoms with Gasteiger partial charge in [-0.3, -0.25) is 0 Å². The maximum atomic E-state index is 6.29. The third-order valence-electron chi connectivity index (χ3n) is 10.5. The van der Waals surface area contributed by atoms with Crippen molar-refractivity contribution >= 4 is 79.9 Å². The molecule has 16 nitrogen and oxygen atoms in total. The van der Waals surface area contributed by atoms with Gasteiger partial charge in [-0.05, 0) is 115 Å². The number of nitrogens with zero attached hydrogens (tertiary/aromatic N) is 6. The van der Waals surface area contributed by atoms with Crippen molar-refractivity contribution < 1.29 is 37.9 Å². The second-order valence-electron chi connectivity index (χ2n) is 14.3. The Labute approximate surface area is 404 Å². The Balaban J connectivity index is 0.00000247. The van der Waals surface area contributed by atoms with E-state index in [9.17, 15) is 0 Å². The smallest absolute Gasteiger partial charge is 0.168 e. The maximum absolute atomic E-state index is 6.29. The fraction of sp³-hybridized carbons (Fsp3) is 0.333. The summed E-state index contributed by atoms with van der Waals surface area (Å²) in [6, 6.07) is 15.0. The molecule has 7 aromatic rings. The van der Waals surface area contributed by atoms with E-state index in [1.165, 1.54) is 0 Å². The molecule has 354 valence electrons. The lowest BCUT2D eigenvalue weighted by molar-refractivity contribution is 0.333. The van der Waals surface area contributed by atoms with Gasteiger partial charge in [0.2, 0.25) is 0 Å². The molecular formula is C48H56Cl2N8O8Si. The summed E-state index contributed by atoms with van der Waals surface area (Å²) in [7, 11) is 0. The third-order valence-corrected chi connectivity index (χ3v) is 10.5. The molecule has 0 radical (unpaired) electrons. The number of ether oxygens (including phenoxy) is 8. The fourth-order valence-electron chi connectivity index (χ4n) is 8.27. The Hall–Kier alpha value is -6.56. The van der Waals surface area contributed by atoms with Gasteiger partial charge in [0, 0.05) is 0 Å². The van der Waals surface area contributed by atoms with Crippen LogP contribution in [0.1, 0.15) is 55.4 Å². The zero-order valence-electron chi connectivity index (χ0n) is 38.0. The molecule has 4 aromatic carbocycles. The molecule has 5 heterocycles. The highest BCUT2D eigenvalue weighted by atomic mass is 35.5. The highest BCUT2D eigenvalue weighted by Gasteiger charge is 2.32. The van der Waals surface area contributed by atoms with Crippen LogP contribution in [0.5, 0.6) is 46.0 Å². The predicted molar refractivity (Wildman–Crippen MR) is 271 cm³/mol. The summed E-state index contributed by atoms with van der Waals surface area (Å²) < 4.78 is 50.3. The first-order valence-electron chi connectivity index (χ1n) is 21.9. The average Bonchev–Trinajstić information content (AvgIpc) is 4.04. The van der Waals surface area contributed by atoms with Crippen LogP contribution < -0.4 is 37.9 Å². The first kappa shape index (κ1) is 49.9. The molecule has 0 unspecified atom stereocenters. The van der Waals surface area contributed by atoms with Crippen molar-refractivity contribution in [2.24, 2.45) is 0 Å². The molecule has 67 heavy (non-hydrogen) atoms. The van der Waals surface area contributed by atoms with Crippen LogP contribution >= 0.6 is 24.8 Å². The topological polar surface area (TPSA) is 183 Å². The van der Waals surface area contributed by atoms with Gasteiger partial charge in [0.25, 0.3) is 0 Å². The molecule has 0 spiro atoms. The standard InChI is InChI=1S/C48H50N8O8.2ClH.H4Si/c1-9-57-25-17-18-26(58-10-2)34-33(25)41-49-42(34)54-44-37-29(61-13-5)21-22-30(62-14-6)38(37)46(51-44)56-48-40-32(64-16-8)24-23-31(63-15-7)39(40)47(52-48)55-45-36-28(60-12-4)20-19-27(59-11-3)35(36)43(50-45)53-41;;;/h17-24H,9-16H2,1-8H3,(H2,49,50,51,52,53,54,55,56);2*1H;1H4. The van der Waals surface area contributed by atoms with Gasteiger partial charge in [0.05, 0.1) is 96.7 Å². The minimum Gasteiger partial charge on any atom is -0.493 e. The van der Waals surface area contributed by atoms with E-state index in [0.29, 0.717) is 189 Å². The van der Waals surface area contributed by atoms with E-state index >= 15 is 0 Å². The van der Waals surface area contributed by atoms with E-state index in [-0.39, 0.29) is 35.8 Å². The number of aromatic nitrogens is 8. The van der Waals surface area contributed by atoms with Gasteiger partial charge in [-0.25, -0.2) is 29.9 Å². The molecule has 8 bridgehead atoms. The molecule has 3 aromatic heterocycles. The quantitative estimate of drug-likeness (QED) is 0.0873. The van der Waals surface area contributed by atoms with E-state index < -0.39 is 0 Å². The Morgan fingerprint density at radius 3 is 0.672 bits per heavy atom. The van der Waals surface area contributed by atoms with Gasteiger partial charge in [-0.2, -0.15) is 0 Å². The maximum Gasteiger partial charge on any atom is 0.168 e. The van der Waals surface area contributed by atoms with Gasteiger partial charge in [0.15, 0.2) is 23.3 Å². The first-order valence-corrected chi connectivity index (χ1v) is 21.9. The molecule has 0 amide bonds. The van der Waals surface area contributed by atoms with Crippen LogP contribution in [0.25, 0.3) is 89.7 Å². The molecule has 19 heteroatoms. The molecule has 2 aliphatic rings. The summed E-state index contributed by atoms with van der Waals surface area (Å²) >= 11 is 0. The van der Waals surface area contributed by atoms with Crippen LogP contribution in [0.4, 0.5) is 0 Å². The number of rotatable bonds is 16. The lowest BCUT2D eigenvalue weighted by atomic mass is 10.1. The normalized spacial score (nSPS) is 11.1. The fourth-order valence-corrected chi connectivity index (χ4v) is 8.27. The highest BCUT2D eigenvalue weighted by molar-refractivity contribution is 6.13. The Kier molecular flexibility index (Phi) is 15.9. The molecule has 2 aliphatic heterocycles. The number of hydrogen-bond donors (Lipinski definition) is 2. The van der Waals surface area contributed by atoms with Crippen molar-refractivity contribution in [3.8, 4) is 91.5 Å². The molecular weight excluding hydrogens is 916 g/mol. The summed E-state index contributed by atoms with van der Waals surface area (Å²) in [6.07, 6.45) is 0. The van der Waals surface area contributed by atoms with E-state index in [1.807, 2.05) is 104 Å². The van der Waals surface area contributed by atoms with Gasteiger partial charge in [-0.15, -0.1) is 24.8 Å². The van der Waals surface area contributed by atoms with Crippen LogP contribution in [-0.4, -0.2) is 104 Å². The van der Waals surface area contributed by atoms with Crippen molar-refractivity contribution in [1.82, 2.24) is 39.9 Å². The Bertz CT molecular complexity index is 2710. The number of halogens is 2. The first-order chi connectivity index (χ1) is 31.4. The Morgan fingerprint density at radius 2 is 0.478 bits per heavy atom. The summed E-state index contributed by atoms with van der Waals surface area (Å²) in [5, 5.41) is 2.54. The van der Waals surface area contributed by atoms with Crippen LogP contribution in [0.15, 0.2) is 48.5 Å². The zero-order chi connectivity index (χ0) is 44.5. The van der Waals surface area contributed by atoms with E-state index in [0.717, 1.165) is 0 Å². The summed E-state index contributed by atoms with van der Waals surface area (Å²) in [4.78, 5) is 38.7. The average molecular weight is 972 g/mol. The van der Waals surface area contributed by atoms with Crippen LogP contribution in [0.2, 0.25) is 0 Å². The second-order valence-corrected chi connectivity index (χ2v) is 14.3. The molecule has 9 rings (SSSR count). The minimum atomic E-state index is 0. The number of aromatic amines is 2. The molecule has 0 saturated carbocycles. The SMILES string of the molecule is CCOc1ccc(OCC)c2c1-c1nc-2nc2[nH]c(nc3nc(nc4[nH]c(n1)c1c(OCC)ccc(OCC)c41)-c1c(OCC)ccc(OCC)c1-3)c1c(OCC)ccc(OCC)c21.Cl.Cl.[SiH4]. The monoisotopic (exact) mass is 970 g/mol. The minimum absolute atomic E-state index is 0. The zero-order valence-corrected chi connectivity index (χ0v) is 39.7. The van der Waals surface area contributed by atoms with Gasteiger partial charge in [-0.1, -0.05) is 0 Å².